The van der Waals surface area contributed by atoms with Gasteiger partial charge >= 0.3 is 6.18 Å². The summed E-state index contributed by atoms with van der Waals surface area (Å²) in [6.45, 7) is 4.06. The summed E-state index contributed by atoms with van der Waals surface area (Å²) in [7, 11) is 1.58. The van der Waals surface area contributed by atoms with Gasteiger partial charge in [-0.05, 0) is 43.3 Å². The number of amides is 1. The number of alkyl halides is 3. The van der Waals surface area contributed by atoms with Crippen LogP contribution in [-0.2, 0) is 6.18 Å². The molecule has 0 atom stereocenters. The molecule has 1 saturated heterocycles. The van der Waals surface area contributed by atoms with Crippen LogP contribution in [-0.4, -0.2) is 54.1 Å². The highest BCUT2D eigenvalue weighted by Crippen LogP contribution is 2.31. The zero-order chi connectivity index (χ0) is 23.6. The fourth-order valence-corrected chi connectivity index (χ4v) is 3.71. The summed E-state index contributed by atoms with van der Waals surface area (Å²) in [6.07, 6.45) is -4.39. The lowest BCUT2D eigenvalue weighted by molar-refractivity contribution is -0.137. The molecule has 3 aromatic rings. The third kappa shape index (κ3) is 5.08. The van der Waals surface area contributed by atoms with Gasteiger partial charge in [-0.2, -0.15) is 13.2 Å². The number of carbonyl (C=O) groups is 1. The Kier molecular flexibility index (Phi) is 6.22. The molecule has 0 bridgehead atoms. The molecule has 172 valence electrons. The van der Waals surface area contributed by atoms with E-state index in [4.69, 9.17) is 4.74 Å². The number of nitrogens with zero attached hydrogens (tertiary/aromatic N) is 4. The van der Waals surface area contributed by atoms with E-state index in [1.165, 1.54) is 12.1 Å². The van der Waals surface area contributed by atoms with E-state index in [2.05, 4.69) is 14.9 Å². The van der Waals surface area contributed by atoms with Crippen molar-refractivity contribution in [2.45, 2.75) is 13.1 Å². The van der Waals surface area contributed by atoms with Gasteiger partial charge in [0.2, 0.25) is 0 Å². The van der Waals surface area contributed by atoms with Crippen molar-refractivity contribution in [3.63, 3.8) is 0 Å². The van der Waals surface area contributed by atoms with Crippen molar-refractivity contribution in [3.8, 4) is 17.1 Å². The van der Waals surface area contributed by atoms with Crippen molar-refractivity contribution in [1.29, 1.82) is 0 Å². The fraction of sp³-hybridized carbons (Fsp3) is 0.292. The van der Waals surface area contributed by atoms with Crippen molar-refractivity contribution < 1.29 is 22.7 Å². The zero-order valence-electron chi connectivity index (χ0n) is 18.3. The average Bonchev–Trinajstić information content (AvgIpc) is 2.83. The molecule has 1 aliphatic heterocycles. The van der Waals surface area contributed by atoms with Gasteiger partial charge in [-0.15, -0.1) is 0 Å². The number of aryl methyl sites for hydroxylation is 1. The van der Waals surface area contributed by atoms with E-state index in [0.29, 0.717) is 60.4 Å². The van der Waals surface area contributed by atoms with Gasteiger partial charge in [0.15, 0.2) is 5.82 Å². The number of rotatable bonds is 4. The maximum Gasteiger partial charge on any atom is 0.416 e. The average molecular weight is 456 g/mol. The SMILES string of the molecule is COc1ccc(C(=O)N2CCN(c3cc(C)nc(-c4ccc(C(F)(F)F)cc4)n3)CC2)cc1. The molecule has 4 rings (SSSR count). The fourth-order valence-electron chi connectivity index (χ4n) is 3.71. The molecule has 2 heterocycles. The number of hydrogen-bond acceptors (Lipinski definition) is 5. The molecule has 0 radical (unpaired) electrons. The second-order valence-corrected chi connectivity index (χ2v) is 7.77. The standard InChI is InChI=1S/C24H23F3N4O2/c1-16-15-21(29-22(28-16)17-3-7-19(8-4-17)24(25,26)27)30-11-13-31(14-12-30)23(32)18-5-9-20(33-2)10-6-18/h3-10,15H,11-14H2,1-2H3. The lowest BCUT2D eigenvalue weighted by Crippen LogP contribution is -2.49. The normalized spacial score (nSPS) is 14.3. The van der Waals surface area contributed by atoms with Gasteiger partial charge in [-0.1, -0.05) is 12.1 Å². The maximum atomic E-state index is 12.9. The van der Waals surface area contributed by atoms with E-state index in [9.17, 15) is 18.0 Å². The molecule has 0 aliphatic carbocycles. The van der Waals surface area contributed by atoms with E-state index >= 15 is 0 Å². The van der Waals surface area contributed by atoms with Crippen molar-refractivity contribution >= 4 is 11.7 Å². The van der Waals surface area contributed by atoms with Crippen LogP contribution in [0.3, 0.4) is 0 Å². The number of hydrogen-bond donors (Lipinski definition) is 0. The summed E-state index contributed by atoms with van der Waals surface area (Å²) in [5.74, 6) is 1.71. The predicted octanol–water partition coefficient (Wildman–Crippen LogP) is 4.44. The Morgan fingerprint density at radius 1 is 0.939 bits per heavy atom. The molecule has 0 N–H and O–H groups in total. The summed E-state index contributed by atoms with van der Waals surface area (Å²) < 4.78 is 43.7. The van der Waals surface area contributed by atoms with E-state index < -0.39 is 11.7 Å². The molecular weight excluding hydrogens is 433 g/mol. The largest absolute Gasteiger partial charge is 0.497 e. The minimum atomic E-state index is -4.39. The van der Waals surface area contributed by atoms with Gasteiger partial charge in [-0.25, -0.2) is 9.97 Å². The Labute approximate surface area is 189 Å². The van der Waals surface area contributed by atoms with Crippen LogP contribution in [0.1, 0.15) is 21.6 Å². The molecule has 0 spiro atoms. The quantitative estimate of drug-likeness (QED) is 0.581. The smallest absolute Gasteiger partial charge is 0.416 e. The molecule has 1 aliphatic rings. The summed E-state index contributed by atoms with van der Waals surface area (Å²) in [5.41, 5.74) is 1.12. The van der Waals surface area contributed by atoms with Crippen LogP contribution < -0.4 is 9.64 Å². The van der Waals surface area contributed by atoms with Gasteiger partial charge in [0.05, 0.1) is 12.7 Å². The van der Waals surface area contributed by atoms with Crippen molar-refractivity contribution in [1.82, 2.24) is 14.9 Å². The Hall–Kier alpha value is -3.62. The first-order chi connectivity index (χ1) is 15.7. The number of anilines is 1. The monoisotopic (exact) mass is 456 g/mol. The van der Waals surface area contributed by atoms with Crippen LogP contribution in [0.2, 0.25) is 0 Å². The van der Waals surface area contributed by atoms with Gasteiger partial charge in [0.1, 0.15) is 11.6 Å². The van der Waals surface area contributed by atoms with Crippen LogP contribution in [0.15, 0.2) is 54.6 Å². The Morgan fingerprint density at radius 2 is 1.58 bits per heavy atom. The highest BCUT2D eigenvalue weighted by atomic mass is 19.4. The van der Waals surface area contributed by atoms with Gasteiger partial charge in [0.25, 0.3) is 5.91 Å². The molecule has 1 aromatic heterocycles. The van der Waals surface area contributed by atoms with E-state index in [-0.39, 0.29) is 5.91 Å². The number of ether oxygens (including phenoxy) is 1. The van der Waals surface area contributed by atoms with Crippen molar-refractivity contribution in [2.24, 2.45) is 0 Å². The molecule has 9 heteroatoms. The van der Waals surface area contributed by atoms with E-state index in [1.807, 2.05) is 13.0 Å². The Bertz CT molecular complexity index is 1120. The molecule has 0 unspecified atom stereocenters. The third-order valence-electron chi connectivity index (χ3n) is 5.54. The zero-order valence-corrected chi connectivity index (χ0v) is 18.3. The number of halogens is 3. The molecule has 2 aromatic carbocycles. The third-order valence-corrected chi connectivity index (χ3v) is 5.54. The van der Waals surface area contributed by atoms with Crippen molar-refractivity contribution in [2.75, 3.05) is 38.2 Å². The predicted molar refractivity (Wildman–Crippen MR) is 118 cm³/mol. The summed E-state index contributed by atoms with van der Waals surface area (Å²) >= 11 is 0. The van der Waals surface area contributed by atoms with Gasteiger partial charge in [-0.3, -0.25) is 4.79 Å². The first-order valence-electron chi connectivity index (χ1n) is 10.5. The van der Waals surface area contributed by atoms with Gasteiger partial charge in [0, 0.05) is 49.1 Å². The van der Waals surface area contributed by atoms with Gasteiger partial charge < -0.3 is 14.5 Å². The number of carbonyl (C=O) groups excluding carboxylic acids is 1. The molecule has 33 heavy (non-hydrogen) atoms. The van der Waals surface area contributed by atoms with Crippen molar-refractivity contribution in [3.05, 3.63) is 71.4 Å². The molecule has 6 nitrogen and oxygen atoms in total. The maximum absolute atomic E-state index is 12.9. The first-order valence-corrected chi connectivity index (χ1v) is 10.5. The lowest BCUT2D eigenvalue weighted by Gasteiger charge is -2.35. The summed E-state index contributed by atoms with van der Waals surface area (Å²) in [5, 5.41) is 0. The number of benzene rings is 2. The highest BCUT2D eigenvalue weighted by molar-refractivity contribution is 5.94. The van der Waals surface area contributed by atoms with Crippen LogP contribution in [0.5, 0.6) is 5.75 Å². The lowest BCUT2D eigenvalue weighted by atomic mass is 10.1. The number of methoxy groups -OCH3 is 1. The molecule has 0 saturated carbocycles. The Morgan fingerprint density at radius 3 is 2.15 bits per heavy atom. The molecule has 1 amide bonds. The first kappa shape index (κ1) is 22.6. The molecule has 1 fully saturated rings. The molecular formula is C24H23F3N4O2. The van der Waals surface area contributed by atoms with Crippen LogP contribution in [0.4, 0.5) is 19.0 Å². The summed E-state index contributed by atoms with van der Waals surface area (Å²) in [4.78, 5) is 25.6. The van der Waals surface area contributed by atoms with E-state index in [0.717, 1.165) is 12.1 Å². The minimum absolute atomic E-state index is 0.0402. The summed E-state index contributed by atoms with van der Waals surface area (Å²) in [6, 6.07) is 13.7. The number of aromatic nitrogens is 2. The second kappa shape index (κ2) is 9.09. The second-order valence-electron chi connectivity index (χ2n) is 7.77. The Balaban J connectivity index is 1.46. The highest BCUT2D eigenvalue weighted by Gasteiger charge is 2.30. The van der Waals surface area contributed by atoms with E-state index in [1.54, 1.807) is 36.3 Å². The van der Waals surface area contributed by atoms with Crippen LogP contribution >= 0.6 is 0 Å². The topological polar surface area (TPSA) is 58.6 Å². The van der Waals surface area contributed by atoms with Crippen LogP contribution in [0.25, 0.3) is 11.4 Å². The number of piperazine rings is 1. The minimum Gasteiger partial charge on any atom is -0.497 e. The van der Waals surface area contributed by atoms with Crippen LogP contribution in [0, 0.1) is 6.92 Å².